The summed E-state index contributed by atoms with van der Waals surface area (Å²) >= 11 is 1.77. The molecule has 2 aromatic rings. The maximum absolute atomic E-state index is 13.1. The van der Waals surface area contributed by atoms with Crippen LogP contribution in [0.3, 0.4) is 0 Å². The zero-order valence-corrected chi connectivity index (χ0v) is 14.4. The minimum absolute atomic E-state index is 0.222. The molecule has 0 saturated carbocycles. The van der Waals surface area contributed by atoms with Crippen LogP contribution in [0.25, 0.3) is 0 Å². The van der Waals surface area contributed by atoms with Crippen molar-refractivity contribution in [3.63, 3.8) is 0 Å². The van der Waals surface area contributed by atoms with Gasteiger partial charge in [0.2, 0.25) is 0 Å². The number of nitrogens with zero attached hydrogens (tertiary/aromatic N) is 1. The molecule has 1 aromatic heterocycles. The maximum atomic E-state index is 13.1. The van der Waals surface area contributed by atoms with Crippen molar-refractivity contribution in [2.45, 2.75) is 39.0 Å². The highest BCUT2D eigenvalue weighted by Crippen LogP contribution is 2.19. The zero-order chi connectivity index (χ0) is 16.7. The van der Waals surface area contributed by atoms with Crippen molar-refractivity contribution in [3.8, 4) is 0 Å². The Bertz CT molecular complexity index is 608. The SMILES string of the molecule is C=CCC[C@H](O)CN(Cc1ccc(F)cc1)Cc1ccc(C)s1. The molecule has 0 radical (unpaired) electrons. The summed E-state index contributed by atoms with van der Waals surface area (Å²) in [5.74, 6) is -0.222. The molecule has 1 heterocycles. The van der Waals surface area contributed by atoms with Crippen molar-refractivity contribution in [1.29, 1.82) is 0 Å². The van der Waals surface area contributed by atoms with Crippen molar-refractivity contribution in [2.24, 2.45) is 0 Å². The Balaban J connectivity index is 2.03. The van der Waals surface area contributed by atoms with Crippen LogP contribution in [0.5, 0.6) is 0 Å². The van der Waals surface area contributed by atoms with Gasteiger partial charge in [0, 0.05) is 29.4 Å². The molecule has 2 rings (SSSR count). The van der Waals surface area contributed by atoms with Crippen LogP contribution >= 0.6 is 11.3 Å². The molecule has 1 N–H and O–H groups in total. The van der Waals surface area contributed by atoms with E-state index in [0.29, 0.717) is 19.5 Å². The van der Waals surface area contributed by atoms with E-state index in [1.807, 2.05) is 6.08 Å². The smallest absolute Gasteiger partial charge is 0.123 e. The Kier molecular flexibility index (Phi) is 6.96. The first-order valence-electron chi connectivity index (χ1n) is 7.88. The van der Waals surface area contributed by atoms with Crippen molar-refractivity contribution in [1.82, 2.24) is 4.90 Å². The normalized spacial score (nSPS) is 12.5. The van der Waals surface area contributed by atoms with E-state index >= 15 is 0 Å². The lowest BCUT2D eigenvalue weighted by Gasteiger charge is -2.24. The van der Waals surface area contributed by atoms with Gasteiger partial charge in [-0.15, -0.1) is 17.9 Å². The quantitative estimate of drug-likeness (QED) is 0.682. The molecular formula is C19H24FNOS. The Morgan fingerprint density at radius 1 is 1.22 bits per heavy atom. The van der Waals surface area contributed by atoms with Gasteiger partial charge in [0.1, 0.15) is 5.82 Å². The highest BCUT2D eigenvalue weighted by Gasteiger charge is 2.13. The highest BCUT2D eigenvalue weighted by atomic mass is 32.1. The number of hydrogen-bond acceptors (Lipinski definition) is 3. The van der Waals surface area contributed by atoms with Crippen LogP contribution in [0.1, 0.15) is 28.2 Å². The Labute approximate surface area is 141 Å². The maximum Gasteiger partial charge on any atom is 0.123 e. The van der Waals surface area contributed by atoms with Crippen LogP contribution in [-0.2, 0) is 13.1 Å². The van der Waals surface area contributed by atoms with Crippen LogP contribution in [0.2, 0.25) is 0 Å². The van der Waals surface area contributed by atoms with E-state index in [9.17, 15) is 9.50 Å². The number of aliphatic hydroxyl groups excluding tert-OH is 1. The lowest BCUT2D eigenvalue weighted by Crippen LogP contribution is -2.31. The van der Waals surface area contributed by atoms with Gasteiger partial charge in [0.15, 0.2) is 0 Å². The first-order chi connectivity index (χ1) is 11.1. The summed E-state index contributed by atoms with van der Waals surface area (Å²) in [5.41, 5.74) is 1.05. The summed E-state index contributed by atoms with van der Waals surface area (Å²) in [6.45, 7) is 7.88. The van der Waals surface area contributed by atoms with Gasteiger partial charge >= 0.3 is 0 Å². The second-order valence-electron chi connectivity index (χ2n) is 5.83. The summed E-state index contributed by atoms with van der Waals surface area (Å²) in [5, 5.41) is 10.2. The highest BCUT2D eigenvalue weighted by molar-refractivity contribution is 7.11. The van der Waals surface area contributed by atoms with Crippen LogP contribution in [0, 0.1) is 12.7 Å². The van der Waals surface area contributed by atoms with E-state index < -0.39 is 0 Å². The molecule has 0 fully saturated rings. The van der Waals surface area contributed by atoms with Crippen LogP contribution in [-0.4, -0.2) is 22.7 Å². The summed E-state index contributed by atoms with van der Waals surface area (Å²) in [6.07, 6.45) is 2.97. The molecule has 0 bridgehead atoms. The van der Waals surface area contributed by atoms with Gasteiger partial charge in [-0.3, -0.25) is 4.90 Å². The molecule has 4 heteroatoms. The average Bonchev–Trinajstić information content (AvgIpc) is 2.92. The van der Waals surface area contributed by atoms with Gasteiger partial charge in [-0.1, -0.05) is 18.2 Å². The van der Waals surface area contributed by atoms with E-state index in [4.69, 9.17) is 0 Å². The number of aryl methyl sites for hydroxylation is 1. The third-order valence-corrected chi connectivity index (χ3v) is 4.65. The second kappa shape index (κ2) is 8.96. The molecule has 0 aliphatic carbocycles. The number of thiophene rings is 1. The summed E-state index contributed by atoms with van der Waals surface area (Å²) in [7, 11) is 0. The first kappa shape index (κ1) is 17.9. The third kappa shape index (κ3) is 6.26. The van der Waals surface area contributed by atoms with Gasteiger partial charge in [-0.2, -0.15) is 0 Å². The van der Waals surface area contributed by atoms with E-state index in [0.717, 1.165) is 18.5 Å². The number of hydrogen-bond donors (Lipinski definition) is 1. The Morgan fingerprint density at radius 2 is 1.96 bits per heavy atom. The molecule has 0 unspecified atom stereocenters. The standard InChI is InChI=1S/C19H24FNOS/c1-3-4-5-18(22)13-21(14-19-11-6-15(2)23-19)12-16-7-9-17(20)10-8-16/h3,6-11,18,22H,1,4-5,12-14H2,2H3/t18-/m0/s1. The monoisotopic (exact) mass is 333 g/mol. The number of aliphatic hydroxyl groups is 1. The van der Waals surface area contributed by atoms with E-state index in [2.05, 4.69) is 30.5 Å². The Hall–Kier alpha value is -1.49. The van der Waals surface area contributed by atoms with Crippen molar-refractivity contribution in [3.05, 3.63) is 70.2 Å². The zero-order valence-electron chi connectivity index (χ0n) is 13.5. The summed E-state index contributed by atoms with van der Waals surface area (Å²) in [6, 6.07) is 10.8. The molecule has 0 saturated heterocycles. The van der Waals surface area contributed by atoms with Gasteiger partial charge in [0.25, 0.3) is 0 Å². The molecule has 1 aromatic carbocycles. The molecule has 0 aliphatic rings. The predicted molar refractivity (Wildman–Crippen MR) is 95.0 cm³/mol. The molecule has 23 heavy (non-hydrogen) atoms. The number of rotatable bonds is 9. The molecule has 124 valence electrons. The summed E-state index contributed by atoms with van der Waals surface area (Å²) < 4.78 is 13.1. The first-order valence-corrected chi connectivity index (χ1v) is 8.69. The lowest BCUT2D eigenvalue weighted by molar-refractivity contribution is 0.0989. The fourth-order valence-corrected chi connectivity index (χ4v) is 3.46. The minimum atomic E-state index is -0.380. The summed E-state index contributed by atoms with van der Waals surface area (Å²) in [4.78, 5) is 4.78. The molecular weight excluding hydrogens is 309 g/mol. The largest absolute Gasteiger partial charge is 0.392 e. The lowest BCUT2D eigenvalue weighted by atomic mass is 10.1. The van der Waals surface area contributed by atoms with Crippen molar-refractivity contribution >= 4 is 11.3 Å². The van der Waals surface area contributed by atoms with Gasteiger partial charge in [-0.05, 0) is 49.6 Å². The van der Waals surface area contributed by atoms with Gasteiger partial charge in [0.05, 0.1) is 6.10 Å². The molecule has 0 amide bonds. The molecule has 1 atom stereocenters. The molecule has 0 aliphatic heterocycles. The van der Waals surface area contributed by atoms with E-state index in [1.54, 1.807) is 23.5 Å². The minimum Gasteiger partial charge on any atom is -0.392 e. The van der Waals surface area contributed by atoms with E-state index in [1.165, 1.54) is 21.9 Å². The average molecular weight is 333 g/mol. The molecule has 0 spiro atoms. The Morgan fingerprint density at radius 3 is 2.57 bits per heavy atom. The fourth-order valence-electron chi connectivity index (χ4n) is 2.52. The number of benzene rings is 1. The second-order valence-corrected chi connectivity index (χ2v) is 7.20. The van der Waals surface area contributed by atoms with Crippen LogP contribution in [0.4, 0.5) is 4.39 Å². The van der Waals surface area contributed by atoms with Gasteiger partial charge < -0.3 is 5.11 Å². The predicted octanol–water partition coefficient (Wildman–Crippen LogP) is 4.52. The topological polar surface area (TPSA) is 23.5 Å². The van der Waals surface area contributed by atoms with Crippen molar-refractivity contribution in [2.75, 3.05) is 6.54 Å². The van der Waals surface area contributed by atoms with Crippen LogP contribution in [0.15, 0.2) is 49.1 Å². The molecule has 2 nitrogen and oxygen atoms in total. The van der Waals surface area contributed by atoms with E-state index in [-0.39, 0.29) is 11.9 Å². The fraction of sp³-hybridized carbons (Fsp3) is 0.368. The third-order valence-electron chi connectivity index (χ3n) is 3.67. The van der Waals surface area contributed by atoms with Crippen molar-refractivity contribution < 1.29 is 9.50 Å². The van der Waals surface area contributed by atoms with Crippen LogP contribution < -0.4 is 0 Å². The number of allylic oxidation sites excluding steroid dienone is 1. The number of halogens is 1. The van der Waals surface area contributed by atoms with Gasteiger partial charge in [-0.25, -0.2) is 4.39 Å².